The van der Waals surface area contributed by atoms with Crippen LogP contribution in [0, 0.1) is 13.8 Å². The van der Waals surface area contributed by atoms with E-state index in [0.717, 1.165) is 25.1 Å². The van der Waals surface area contributed by atoms with Crippen LogP contribution < -0.4 is 5.73 Å². The second-order valence-corrected chi connectivity index (χ2v) is 4.64. The Bertz CT molecular complexity index is 433. The number of nitrogens with two attached hydrogens (primary N) is 1. The SMILES string of the molecule is Cc1cc(C(=O)N2CCCC(N)C2)c(C)nn1. The summed E-state index contributed by atoms with van der Waals surface area (Å²) in [5.74, 6) is 0.0238. The van der Waals surface area contributed by atoms with Gasteiger partial charge in [-0.1, -0.05) is 0 Å². The molecule has 2 rings (SSSR count). The number of hydrogen-bond acceptors (Lipinski definition) is 4. The van der Waals surface area contributed by atoms with Gasteiger partial charge in [-0.15, -0.1) is 0 Å². The molecule has 0 radical (unpaired) electrons. The van der Waals surface area contributed by atoms with Crippen LogP contribution in [0.5, 0.6) is 0 Å². The fraction of sp³-hybridized carbons (Fsp3) is 0.583. The van der Waals surface area contributed by atoms with Crippen LogP contribution in [-0.2, 0) is 0 Å². The Kier molecular flexibility index (Phi) is 3.38. The van der Waals surface area contributed by atoms with Gasteiger partial charge in [0.2, 0.25) is 0 Å². The van der Waals surface area contributed by atoms with Gasteiger partial charge in [-0.3, -0.25) is 4.79 Å². The first kappa shape index (κ1) is 12.0. The van der Waals surface area contributed by atoms with Crippen molar-refractivity contribution >= 4 is 5.91 Å². The number of aromatic nitrogens is 2. The number of amides is 1. The number of carbonyl (C=O) groups excluding carboxylic acids is 1. The van der Waals surface area contributed by atoms with Crippen LogP contribution in [0.1, 0.15) is 34.6 Å². The maximum absolute atomic E-state index is 12.3. The monoisotopic (exact) mass is 234 g/mol. The lowest BCUT2D eigenvalue weighted by Crippen LogP contribution is -2.45. The Morgan fingerprint density at radius 2 is 2.24 bits per heavy atom. The molecular weight excluding hydrogens is 216 g/mol. The molecule has 1 atom stereocenters. The number of rotatable bonds is 1. The highest BCUT2D eigenvalue weighted by Gasteiger charge is 2.23. The topological polar surface area (TPSA) is 72.1 Å². The number of likely N-dealkylation sites (tertiary alicyclic amines) is 1. The van der Waals surface area contributed by atoms with E-state index in [-0.39, 0.29) is 11.9 Å². The van der Waals surface area contributed by atoms with E-state index in [4.69, 9.17) is 5.73 Å². The van der Waals surface area contributed by atoms with E-state index in [1.807, 2.05) is 18.7 Å². The Hall–Kier alpha value is -1.49. The number of piperidine rings is 1. The summed E-state index contributed by atoms with van der Waals surface area (Å²) in [6.07, 6.45) is 1.97. The van der Waals surface area contributed by atoms with Gasteiger partial charge in [-0.05, 0) is 32.8 Å². The van der Waals surface area contributed by atoms with E-state index in [1.54, 1.807) is 6.07 Å². The van der Waals surface area contributed by atoms with Gasteiger partial charge in [0.1, 0.15) is 0 Å². The third-order valence-electron chi connectivity index (χ3n) is 3.08. The Morgan fingerprint density at radius 1 is 1.47 bits per heavy atom. The Balaban J connectivity index is 2.21. The molecule has 5 heteroatoms. The summed E-state index contributed by atoms with van der Waals surface area (Å²) < 4.78 is 0. The minimum absolute atomic E-state index is 0.0238. The van der Waals surface area contributed by atoms with E-state index in [2.05, 4.69) is 10.2 Å². The molecular formula is C12H18N4O. The third kappa shape index (κ3) is 2.61. The maximum Gasteiger partial charge on any atom is 0.255 e. The second-order valence-electron chi connectivity index (χ2n) is 4.64. The van der Waals surface area contributed by atoms with E-state index in [1.165, 1.54) is 0 Å². The van der Waals surface area contributed by atoms with Crippen molar-refractivity contribution in [1.82, 2.24) is 15.1 Å². The minimum Gasteiger partial charge on any atom is -0.337 e. The third-order valence-corrected chi connectivity index (χ3v) is 3.08. The lowest BCUT2D eigenvalue weighted by Gasteiger charge is -2.31. The first-order valence-corrected chi connectivity index (χ1v) is 5.93. The highest BCUT2D eigenvalue weighted by molar-refractivity contribution is 5.95. The molecule has 0 saturated carbocycles. The highest BCUT2D eigenvalue weighted by atomic mass is 16.2. The molecule has 5 nitrogen and oxygen atoms in total. The van der Waals surface area contributed by atoms with E-state index in [9.17, 15) is 4.79 Å². The molecule has 17 heavy (non-hydrogen) atoms. The van der Waals surface area contributed by atoms with Gasteiger partial charge in [0.15, 0.2) is 0 Å². The standard InChI is InChI=1S/C12H18N4O/c1-8-6-11(9(2)15-14-8)12(17)16-5-3-4-10(13)7-16/h6,10H,3-5,7,13H2,1-2H3. The van der Waals surface area contributed by atoms with Crippen molar-refractivity contribution in [3.05, 3.63) is 23.0 Å². The molecule has 92 valence electrons. The van der Waals surface area contributed by atoms with Crippen molar-refractivity contribution in [2.24, 2.45) is 5.73 Å². The predicted octanol–water partition coefficient (Wildman–Crippen LogP) is 0.657. The molecule has 2 N–H and O–H groups in total. The molecule has 1 amide bonds. The van der Waals surface area contributed by atoms with Gasteiger partial charge in [0.05, 0.1) is 17.0 Å². The van der Waals surface area contributed by atoms with Gasteiger partial charge in [-0.25, -0.2) is 0 Å². The van der Waals surface area contributed by atoms with Crippen LogP contribution in [0.3, 0.4) is 0 Å². The quantitative estimate of drug-likeness (QED) is 0.774. The molecule has 0 bridgehead atoms. The largest absolute Gasteiger partial charge is 0.337 e. The molecule has 2 heterocycles. The Labute approximate surface area is 101 Å². The maximum atomic E-state index is 12.3. The first-order chi connectivity index (χ1) is 8.08. The van der Waals surface area contributed by atoms with Crippen molar-refractivity contribution in [3.63, 3.8) is 0 Å². The Morgan fingerprint density at radius 3 is 2.94 bits per heavy atom. The summed E-state index contributed by atoms with van der Waals surface area (Å²) in [5.41, 5.74) is 7.98. The molecule has 1 unspecified atom stereocenters. The zero-order valence-electron chi connectivity index (χ0n) is 10.3. The molecule has 0 spiro atoms. The lowest BCUT2D eigenvalue weighted by atomic mass is 10.0. The van der Waals surface area contributed by atoms with Crippen LogP contribution in [0.2, 0.25) is 0 Å². The average molecular weight is 234 g/mol. The van der Waals surface area contributed by atoms with Crippen molar-refractivity contribution in [2.45, 2.75) is 32.7 Å². The minimum atomic E-state index is 0.0238. The smallest absolute Gasteiger partial charge is 0.255 e. The lowest BCUT2D eigenvalue weighted by molar-refractivity contribution is 0.0707. The molecule has 1 saturated heterocycles. The summed E-state index contributed by atoms with van der Waals surface area (Å²) in [7, 11) is 0. The number of aryl methyl sites for hydroxylation is 2. The fourth-order valence-corrected chi connectivity index (χ4v) is 2.13. The van der Waals surface area contributed by atoms with Gasteiger partial charge in [0, 0.05) is 19.1 Å². The van der Waals surface area contributed by atoms with E-state index >= 15 is 0 Å². The molecule has 1 aliphatic rings. The van der Waals surface area contributed by atoms with Crippen LogP contribution in [0.25, 0.3) is 0 Å². The molecule has 1 aliphatic heterocycles. The van der Waals surface area contributed by atoms with Crippen molar-refractivity contribution in [2.75, 3.05) is 13.1 Å². The predicted molar refractivity (Wildman–Crippen MR) is 64.6 cm³/mol. The normalized spacial score (nSPS) is 20.4. The van der Waals surface area contributed by atoms with E-state index < -0.39 is 0 Å². The van der Waals surface area contributed by atoms with Gasteiger partial charge in [-0.2, -0.15) is 10.2 Å². The van der Waals surface area contributed by atoms with Crippen LogP contribution in [-0.4, -0.2) is 40.1 Å². The second kappa shape index (κ2) is 4.79. The summed E-state index contributed by atoms with van der Waals surface area (Å²) in [4.78, 5) is 14.1. The summed E-state index contributed by atoms with van der Waals surface area (Å²) in [5, 5.41) is 7.92. The zero-order valence-corrected chi connectivity index (χ0v) is 10.3. The molecule has 1 aromatic rings. The van der Waals surface area contributed by atoms with Crippen molar-refractivity contribution < 1.29 is 4.79 Å². The number of hydrogen-bond donors (Lipinski definition) is 1. The van der Waals surface area contributed by atoms with Gasteiger partial charge < -0.3 is 10.6 Å². The van der Waals surface area contributed by atoms with Gasteiger partial charge >= 0.3 is 0 Å². The van der Waals surface area contributed by atoms with E-state index in [0.29, 0.717) is 17.8 Å². The zero-order chi connectivity index (χ0) is 12.4. The molecule has 0 aromatic carbocycles. The van der Waals surface area contributed by atoms with Crippen molar-refractivity contribution in [3.8, 4) is 0 Å². The van der Waals surface area contributed by atoms with Crippen molar-refractivity contribution in [1.29, 1.82) is 0 Å². The average Bonchev–Trinajstić information content (AvgIpc) is 2.31. The summed E-state index contributed by atoms with van der Waals surface area (Å²) in [6, 6.07) is 1.90. The fourth-order valence-electron chi connectivity index (χ4n) is 2.13. The number of nitrogens with zero attached hydrogens (tertiary/aromatic N) is 3. The van der Waals surface area contributed by atoms with Crippen LogP contribution in [0.15, 0.2) is 6.07 Å². The molecule has 0 aliphatic carbocycles. The van der Waals surface area contributed by atoms with Crippen LogP contribution >= 0.6 is 0 Å². The molecule has 1 fully saturated rings. The molecule has 1 aromatic heterocycles. The first-order valence-electron chi connectivity index (χ1n) is 5.93. The van der Waals surface area contributed by atoms with Gasteiger partial charge in [0.25, 0.3) is 5.91 Å². The van der Waals surface area contributed by atoms with Crippen LogP contribution in [0.4, 0.5) is 0 Å². The summed E-state index contributed by atoms with van der Waals surface area (Å²) >= 11 is 0. The highest BCUT2D eigenvalue weighted by Crippen LogP contribution is 2.14. The number of carbonyl (C=O) groups is 1. The summed E-state index contributed by atoms with van der Waals surface area (Å²) in [6.45, 7) is 5.07.